The molecular formula is C32H32ClF3N4O4S. The number of aromatic nitrogens is 2. The quantitative estimate of drug-likeness (QED) is 0.230. The van der Waals surface area contributed by atoms with Crippen molar-refractivity contribution in [3.8, 4) is 11.1 Å². The number of pyridine rings is 1. The number of carboxylic acid groups (broad SMARTS) is 1. The molecule has 3 aliphatic rings. The molecule has 238 valence electrons. The van der Waals surface area contributed by atoms with Crippen molar-refractivity contribution in [2.75, 3.05) is 13.1 Å². The topological polar surface area (TPSA) is 105 Å². The first-order chi connectivity index (χ1) is 21.1. The van der Waals surface area contributed by atoms with Crippen LogP contribution in [0.3, 0.4) is 0 Å². The molecule has 0 bridgehead atoms. The minimum absolute atomic E-state index is 0.0311. The highest BCUT2D eigenvalue weighted by Gasteiger charge is 2.72. The highest BCUT2D eigenvalue weighted by molar-refractivity contribution is 7.19. The van der Waals surface area contributed by atoms with Gasteiger partial charge < -0.3 is 15.0 Å². The summed E-state index contributed by atoms with van der Waals surface area (Å²) in [6.07, 6.45) is 1.24. The molecule has 2 amide bonds. The van der Waals surface area contributed by atoms with E-state index in [9.17, 15) is 22.8 Å². The lowest BCUT2D eigenvalue weighted by Gasteiger charge is -2.34. The Balaban J connectivity index is 0.000000460. The third kappa shape index (κ3) is 5.72. The van der Waals surface area contributed by atoms with Gasteiger partial charge in [0.25, 0.3) is 0 Å². The molecule has 2 atom stereocenters. The fraction of sp³-hybridized carbons (Fsp3) is 0.438. The van der Waals surface area contributed by atoms with Gasteiger partial charge in [0.1, 0.15) is 0 Å². The molecule has 13 heteroatoms. The number of amides is 2. The molecule has 3 aromatic heterocycles. The Labute approximate surface area is 266 Å². The average Bonchev–Trinajstić information content (AvgIpc) is 3.29. The number of nitrogens with zero attached hydrogens (tertiary/aromatic N) is 3. The number of carboxylic acids is 1. The number of halogens is 4. The van der Waals surface area contributed by atoms with Gasteiger partial charge in [-0.1, -0.05) is 32.4 Å². The number of carbonyl (C=O) groups is 3. The molecule has 2 N–H and O–H groups in total. The van der Waals surface area contributed by atoms with Gasteiger partial charge >= 0.3 is 12.1 Å². The lowest BCUT2D eigenvalue weighted by atomic mass is 9.81. The number of carbonyl (C=O) groups excluding carboxylic acids is 2. The maximum Gasteiger partial charge on any atom is 0.490 e. The third-order valence-corrected chi connectivity index (χ3v) is 10.7. The molecule has 3 fully saturated rings. The van der Waals surface area contributed by atoms with Crippen LogP contribution >= 0.6 is 22.9 Å². The number of rotatable bonds is 5. The summed E-state index contributed by atoms with van der Waals surface area (Å²) >= 11 is 8.25. The van der Waals surface area contributed by atoms with E-state index in [4.69, 9.17) is 21.5 Å². The number of benzene rings is 1. The van der Waals surface area contributed by atoms with Crippen molar-refractivity contribution in [1.29, 1.82) is 0 Å². The number of piperidine rings is 2. The largest absolute Gasteiger partial charge is 0.490 e. The Kier molecular flexibility index (Phi) is 7.77. The van der Waals surface area contributed by atoms with Crippen LogP contribution in [0.5, 0.6) is 0 Å². The first-order valence-corrected chi connectivity index (χ1v) is 15.8. The molecule has 4 aromatic rings. The summed E-state index contributed by atoms with van der Waals surface area (Å²) in [6.45, 7) is 9.79. The van der Waals surface area contributed by atoms with Gasteiger partial charge in [0.2, 0.25) is 11.8 Å². The predicted molar refractivity (Wildman–Crippen MR) is 166 cm³/mol. The zero-order valence-corrected chi connectivity index (χ0v) is 26.4. The van der Waals surface area contributed by atoms with Crippen LogP contribution in [0.25, 0.3) is 32.2 Å². The fourth-order valence-corrected chi connectivity index (χ4v) is 8.20. The Hall–Kier alpha value is -3.48. The molecule has 1 aromatic carbocycles. The number of nitrogens with one attached hydrogen (secondary N) is 1. The summed E-state index contributed by atoms with van der Waals surface area (Å²) < 4.78 is 35.2. The van der Waals surface area contributed by atoms with Crippen molar-refractivity contribution in [2.24, 2.45) is 22.7 Å². The Morgan fingerprint density at radius 2 is 1.73 bits per heavy atom. The zero-order chi connectivity index (χ0) is 32.5. The monoisotopic (exact) mass is 660 g/mol. The van der Waals surface area contributed by atoms with Gasteiger partial charge in [-0.25, -0.2) is 4.79 Å². The molecular weight excluding hydrogens is 629 g/mol. The number of hydrogen-bond donors (Lipinski definition) is 2. The van der Waals surface area contributed by atoms with E-state index in [1.807, 2.05) is 32.2 Å². The maximum atomic E-state index is 12.9. The molecule has 1 aliphatic carbocycles. The van der Waals surface area contributed by atoms with E-state index in [1.165, 1.54) is 10.4 Å². The van der Waals surface area contributed by atoms with Gasteiger partial charge in [0.15, 0.2) is 0 Å². The molecule has 1 saturated carbocycles. The van der Waals surface area contributed by atoms with Crippen LogP contribution < -0.4 is 5.32 Å². The summed E-state index contributed by atoms with van der Waals surface area (Å²) in [5, 5.41) is 12.4. The van der Waals surface area contributed by atoms with Crippen LogP contribution in [-0.4, -0.2) is 56.6 Å². The SMILES string of the molecule is CC1(Cn2ccc3cc(Cl)cc(-c4ccnc5cc(CN6C(=O)C7C(C6=O)C7(C)C)sc45)c32)CCNCC1.O=C(O)C(F)(F)F. The van der Waals surface area contributed by atoms with Crippen molar-refractivity contribution in [3.63, 3.8) is 0 Å². The van der Waals surface area contributed by atoms with E-state index in [0.29, 0.717) is 11.6 Å². The van der Waals surface area contributed by atoms with Crippen LogP contribution in [0, 0.1) is 22.7 Å². The maximum absolute atomic E-state index is 12.9. The van der Waals surface area contributed by atoms with Gasteiger partial charge in [0, 0.05) is 45.4 Å². The third-order valence-electron chi connectivity index (χ3n) is 9.39. The number of alkyl halides is 3. The summed E-state index contributed by atoms with van der Waals surface area (Å²) in [6, 6.07) is 10.3. The highest BCUT2D eigenvalue weighted by Crippen LogP contribution is 2.63. The van der Waals surface area contributed by atoms with Gasteiger partial charge in [0.05, 0.1) is 34.1 Å². The molecule has 2 aliphatic heterocycles. The van der Waals surface area contributed by atoms with E-state index in [-0.39, 0.29) is 34.5 Å². The summed E-state index contributed by atoms with van der Waals surface area (Å²) in [7, 11) is 0. The second kappa shape index (κ2) is 11.1. The Bertz CT molecular complexity index is 1820. The normalized spacial score (nSPS) is 22.0. The number of imide groups is 1. The number of fused-ring (bicyclic) bond motifs is 3. The van der Waals surface area contributed by atoms with Gasteiger partial charge in [-0.05, 0) is 67.1 Å². The van der Waals surface area contributed by atoms with Gasteiger partial charge in [-0.3, -0.25) is 19.5 Å². The molecule has 45 heavy (non-hydrogen) atoms. The lowest BCUT2D eigenvalue weighted by molar-refractivity contribution is -0.192. The molecule has 5 heterocycles. The van der Waals surface area contributed by atoms with E-state index in [1.54, 1.807) is 11.3 Å². The van der Waals surface area contributed by atoms with Crippen LogP contribution in [0.4, 0.5) is 13.2 Å². The Morgan fingerprint density at radius 3 is 2.36 bits per heavy atom. The molecule has 0 spiro atoms. The lowest BCUT2D eigenvalue weighted by Crippen LogP contribution is -2.37. The number of thiophene rings is 1. The highest BCUT2D eigenvalue weighted by atomic mass is 35.5. The van der Waals surface area contributed by atoms with Crippen LogP contribution in [-0.2, 0) is 27.5 Å². The van der Waals surface area contributed by atoms with Crippen molar-refractivity contribution in [1.82, 2.24) is 19.8 Å². The summed E-state index contributed by atoms with van der Waals surface area (Å²) in [4.78, 5) is 41.8. The molecule has 2 unspecified atom stereocenters. The van der Waals surface area contributed by atoms with E-state index < -0.39 is 12.1 Å². The van der Waals surface area contributed by atoms with Gasteiger partial charge in [-0.15, -0.1) is 11.3 Å². The first-order valence-electron chi connectivity index (χ1n) is 14.6. The minimum atomic E-state index is -5.08. The second-order valence-electron chi connectivity index (χ2n) is 13.0. The van der Waals surface area contributed by atoms with Crippen LogP contribution in [0.1, 0.15) is 38.5 Å². The zero-order valence-electron chi connectivity index (χ0n) is 24.9. The second-order valence-corrected chi connectivity index (χ2v) is 14.6. The van der Waals surface area contributed by atoms with Crippen LogP contribution in [0.15, 0.2) is 42.7 Å². The van der Waals surface area contributed by atoms with E-state index in [2.05, 4.69) is 46.2 Å². The van der Waals surface area contributed by atoms with Crippen molar-refractivity contribution < 1.29 is 32.7 Å². The summed E-state index contributed by atoms with van der Waals surface area (Å²) in [5.74, 6) is -3.14. The summed E-state index contributed by atoms with van der Waals surface area (Å²) in [5.41, 5.74) is 4.27. The van der Waals surface area contributed by atoms with Crippen molar-refractivity contribution in [2.45, 2.75) is 52.9 Å². The fourth-order valence-electron chi connectivity index (χ4n) is 6.84. The number of aliphatic carboxylic acids is 1. The first kappa shape index (κ1) is 31.5. The average molecular weight is 661 g/mol. The molecule has 2 saturated heterocycles. The molecule has 7 rings (SSSR count). The van der Waals surface area contributed by atoms with E-state index in [0.717, 1.165) is 64.1 Å². The van der Waals surface area contributed by atoms with Crippen molar-refractivity contribution >= 4 is 61.8 Å². The van der Waals surface area contributed by atoms with Crippen LogP contribution in [0.2, 0.25) is 5.02 Å². The predicted octanol–water partition coefficient (Wildman–Crippen LogP) is 6.74. The van der Waals surface area contributed by atoms with Gasteiger partial charge in [-0.2, -0.15) is 13.2 Å². The van der Waals surface area contributed by atoms with Crippen molar-refractivity contribution in [3.05, 3.63) is 52.6 Å². The number of likely N-dealkylation sites (tertiary alicyclic amines) is 1. The standard InChI is InChI=1S/C30H31ClN4O2S.C2HF3O2/c1-29(2)23-24(29)28(37)35(27(23)36)15-19-14-22-26(38-19)20(4-8-33-22)21-13-18(31)12-17-5-11-34(25(17)21)16-30(3)6-9-32-10-7-30;3-2(4,5)1(6)7/h4-5,8,11-14,23-24,32H,6-7,9-10,15-16H2,1-3H3;(H,6,7). The molecule has 8 nitrogen and oxygen atoms in total. The number of hydrogen-bond acceptors (Lipinski definition) is 6. The van der Waals surface area contributed by atoms with E-state index >= 15 is 0 Å². The smallest absolute Gasteiger partial charge is 0.475 e. The molecule has 0 radical (unpaired) electrons. The Morgan fingerprint density at radius 1 is 1.09 bits per heavy atom. The minimum Gasteiger partial charge on any atom is -0.475 e.